The van der Waals surface area contributed by atoms with Gasteiger partial charge in [-0.3, -0.25) is 9.59 Å². The third-order valence-corrected chi connectivity index (χ3v) is 10.5. The SMILES string of the molecule is NC(=O)c1ncc(N[C@H]2CCCC[C@H]2N)cc1Nc1csc(-c2csc3c(=O)cc(N4CCOCC4)sc23)c1. The Bertz CT molecular complexity index is 1560. The smallest absolute Gasteiger partial charge is 0.269 e. The number of morpholine rings is 1. The van der Waals surface area contributed by atoms with Crippen LogP contribution in [-0.4, -0.2) is 49.3 Å². The Morgan fingerprint density at radius 3 is 2.67 bits per heavy atom. The summed E-state index contributed by atoms with van der Waals surface area (Å²) in [6.07, 6.45) is 5.92. The van der Waals surface area contributed by atoms with Crippen molar-refractivity contribution in [3.8, 4) is 10.4 Å². The Kier molecular flexibility index (Phi) is 7.54. The first-order valence-corrected chi connectivity index (χ1v) is 15.6. The van der Waals surface area contributed by atoms with Crippen molar-refractivity contribution < 1.29 is 9.53 Å². The summed E-state index contributed by atoms with van der Waals surface area (Å²) in [5.74, 6) is -0.599. The van der Waals surface area contributed by atoms with Gasteiger partial charge in [-0.15, -0.1) is 34.0 Å². The lowest BCUT2D eigenvalue weighted by atomic mass is 9.91. The van der Waals surface area contributed by atoms with Gasteiger partial charge in [0.05, 0.1) is 45.2 Å². The monoisotopic (exact) mass is 582 g/mol. The van der Waals surface area contributed by atoms with Crippen LogP contribution < -0.4 is 32.4 Å². The fourth-order valence-corrected chi connectivity index (χ4v) is 8.50. The van der Waals surface area contributed by atoms with Crippen molar-refractivity contribution >= 4 is 71.4 Å². The first-order valence-electron chi connectivity index (χ1n) is 13.0. The molecule has 2 atom stereocenters. The summed E-state index contributed by atoms with van der Waals surface area (Å²) in [4.78, 5) is 32.7. The summed E-state index contributed by atoms with van der Waals surface area (Å²) >= 11 is 4.71. The lowest BCUT2D eigenvalue weighted by Gasteiger charge is -2.30. The van der Waals surface area contributed by atoms with Crippen molar-refractivity contribution in [2.24, 2.45) is 11.5 Å². The Hall–Kier alpha value is -3.03. The number of ether oxygens (including phenoxy) is 1. The number of fused-ring (bicyclic) bond motifs is 1. The molecule has 1 aliphatic heterocycles. The summed E-state index contributed by atoms with van der Waals surface area (Å²) in [6.45, 7) is 2.90. The van der Waals surface area contributed by atoms with Crippen molar-refractivity contribution in [3.63, 3.8) is 0 Å². The summed E-state index contributed by atoms with van der Waals surface area (Å²) in [6, 6.07) is 5.91. The molecule has 12 heteroatoms. The molecular weight excluding hydrogens is 553 g/mol. The fourth-order valence-electron chi connectivity index (χ4n) is 5.13. The molecule has 39 heavy (non-hydrogen) atoms. The van der Waals surface area contributed by atoms with Gasteiger partial charge in [0.25, 0.3) is 5.91 Å². The number of nitrogens with one attached hydrogen (secondary N) is 2. The van der Waals surface area contributed by atoms with E-state index in [0.717, 1.165) is 75.0 Å². The standard InChI is InChI=1S/C27H30N6O3S3/c28-18-3-1-2-4-19(18)31-15-9-20(24(27(29)35)30-12-15)32-16-10-22(37-13-16)17-14-38-26-21(34)11-23(39-25(17)26)33-5-7-36-8-6-33/h9-14,18-19,31-32H,1-8,28H2,(H2,29,35)/t18-,19+/m1/s1. The molecule has 9 nitrogen and oxygen atoms in total. The molecule has 1 aliphatic carbocycles. The Morgan fingerprint density at radius 2 is 1.87 bits per heavy atom. The number of hydrogen-bond donors (Lipinski definition) is 4. The van der Waals surface area contributed by atoms with Crippen LogP contribution in [0.25, 0.3) is 19.8 Å². The van der Waals surface area contributed by atoms with Gasteiger partial charge < -0.3 is 31.7 Å². The van der Waals surface area contributed by atoms with E-state index in [1.54, 1.807) is 34.9 Å². The normalized spacial score (nSPS) is 19.8. The summed E-state index contributed by atoms with van der Waals surface area (Å²) < 4.78 is 7.25. The molecule has 1 saturated heterocycles. The number of thiophene rings is 2. The van der Waals surface area contributed by atoms with Gasteiger partial charge in [0, 0.05) is 58.1 Å². The third kappa shape index (κ3) is 5.52. The van der Waals surface area contributed by atoms with Crippen molar-refractivity contribution in [1.29, 1.82) is 0 Å². The molecule has 0 aromatic carbocycles. The molecule has 0 bridgehead atoms. The second kappa shape index (κ2) is 11.2. The average Bonchev–Trinajstić information content (AvgIpc) is 3.58. The van der Waals surface area contributed by atoms with Crippen LogP contribution in [0.4, 0.5) is 22.1 Å². The Morgan fingerprint density at radius 1 is 1.05 bits per heavy atom. The quantitative estimate of drug-likeness (QED) is 0.244. The first kappa shape index (κ1) is 26.2. The molecule has 6 rings (SSSR count). The maximum atomic E-state index is 12.9. The second-order valence-corrected chi connectivity index (χ2v) is 12.7. The predicted molar refractivity (Wildman–Crippen MR) is 162 cm³/mol. The minimum absolute atomic E-state index is 0.0515. The Labute approximate surface area is 237 Å². The number of pyridine rings is 1. The maximum Gasteiger partial charge on any atom is 0.269 e. The number of aromatic nitrogens is 1. The lowest BCUT2D eigenvalue weighted by Crippen LogP contribution is -2.42. The fraction of sp³-hybridized carbons (Fsp3) is 0.370. The minimum Gasteiger partial charge on any atom is -0.379 e. The van der Waals surface area contributed by atoms with Crippen LogP contribution >= 0.6 is 34.0 Å². The molecular formula is C27H30N6O3S3. The van der Waals surface area contributed by atoms with Crippen LogP contribution in [0.15, 0.2) is 40.0 Å². The highest BCUT2D eigenvalue weighted by Crippen LogP contribution is 2.42. The van der Waals surface area contributed by atoms with E-state index in [1.165, 1.54) is 11.3 Å². The molecule has 204 valence electrons. The third-order valence-electron chi connectivity index (χ3n) is 7.19. The molecule has 6 N–H and O–H groups in total. The number of nitrogens with zero attached hydrogens (tertiary/aromatic N) is 2. The van der Waals surface area contributed by atoms with E-state index in [9.17, 15) is 9.59 Å². The van der Waals surface area contributed by atoms with Gasteiger partial charge in [0.15, 0.2) is 11.1 Å². The van der Waals surface area contributed by atoms with E-state index in [2.05, 4.69) is 25.9 Å². The molecule has 1 saturated carbocycles. The largest absolute Gasteiger partial charge is 0.379 e. The van der Waals surface area contributed by atoms with Gasteiger partial charge in [-0.1, -0.05) is 12.8 Å². The topological polar surface area (TPSA) is 136 Å². The number of carbonyl (C=O) groups is 1. The van der Waals surface area contributed by atoms with Crippen molar-refractivity contribution in [1.82, 2.24) is 4.98 Å². The van der Waals surface area contributed by atoms with E-state index < -0.39 is 5.91 Å². The number of nitrogens with two attached hydrogens (primary N) is 2. The summed E-state index contributed by atoms with van der Waals surface area (Å²) in [7, 11) is 0. The highest BCUT2D eigenvalue weighted by Gasteiger charge is 2.23. The van der Waals surface area contributed by atoms with Crippen molar-refractivity contribution in [2.75, 3.05) is 41.8 Å². The molecule has 4 aromatic heterocycles. The van der Waals surface area contributed by atoms with Crippen LogP contribution in [0.3, 0.4) is 0 Å². The van der Waals surface area contributed by atoms with E-state index in [-0.39, 0.29) is 23.2 Å². The summed E-state index contributed by atoms with van der Waals surface area (Å²) in [5, 5.41) is 11.9. The van der Waals surface area contributed by atoms with Crippen LogP contribution in [0.1, 0.15) is 36.2 Å². The van der Waals surface area contributed by atoms with Crippen LogP contribution in [0.2, 0.25) is 0 Å². The van der Waals surface area contributed by atoms with Gasteiger partial charge in [0.2, 0.25) is 0 Å². The van der Waals surface area contributed by atoms with E-state index >= 15 is 0 Å². The molecule has 1 amide bonds. The van der Waals surface area contributed by atoms with E-state index in [0.29, 0.717) is 18.9 Å². The summed E-state index contributed by atoms with van der Waals surface area (Å²) in [5.41, 5.74) is 15.4. The lowest BCUT2D eigenvalue weighted by molar-refractivity contribution is 0.0996. The zero-order valence-corrected chi connectivity index (χ0v) is 23.7. The van der Waals surface area contributed by atoms with Gasteiger partial charge in [-0.05, 0) is 25.0 Å². The highest BCUT2D eigenvalue weighted by molar-refractivity contribution is 7.29. The molecule has 4 aromatic rings. The molecule has 2 fully saturated rings. The van der Waals surface area contributed by atoms with Gasteiger partial charge in [-0.25, -0.2) is 4.98 Å². The van der Waals surface area contributed by atoms with Gasteiger partial charge >= 0.3 is 0 Å². The van der Waals surface area contributed by atoms with Crippen LogP contribution in [0, 0.1) is 0 Å². The molecule has 2 aliphatic rings. The van der Waals surface area contributed by atoms with E-state index in [4.69, 9.17) is 16.2 Å². The zero-order chi connectivity index (χ0) is 26.9. The maximum absolute atomic E-state index is 12.9. The van der Waals surface area contributed by atoms with Gasteiger partial charge in [-0.2, -0.15) is 0 Å². The van der Waals surface area contributed by atoms with Crippen LogP contribution in [0.5, 0.6) is 0 Å². The highest BCUT2D eigenvalue weighted by atomic mass is 32.1. The molecule has 0 radical (unpaired) electrons. The first-order chi connectivity index (χ1) is 19.0. The van der Waals surface area contributed by atoms with Crippen LogP contribution in [-0.2, 0) is 4.74 Å². The number of amides is 1. The minimum atomic E-state index is -0.599. The van der Waals surface area contributed by atoms with Crippen molar-refractivity contribution in [2.45, 2.75) is 37.8 Å². The molecule has 0 spiro atoms. The number of anilines is 4. The number of primary amides is 1. The Balaban J connectivity index is 1.28. The number of carbonyl (C=O) groups excluding carboxylic acids is 1. The number of hydrogen-bond acceptors (Lipinski definition) is 11. The van der Waals surface area contributed by atoms with Crippen molar-refractivity contribution in [3.05, 3.63) is 51.1 Å². The molecule has 5 heterocycles. The van der Waals surface area contributed by atoms with E-state index in [1.807, 2.05) is 17.5 Å². The number of rotatable bonds is 7. The van der Waals surface area contributed by atoms with Gasteiger partial charge in [0.1, 0.15) is 0 Å². The average molecular weight is 583 g/mol. The molecule has 0 unspecified atom stereocenters. The zero-order valence-electron chi connectivity index (χ0n) is 21.3. The predicted octanol–water partition coefficient (Wildman–Crippen LogP) is 4.81. The second-order valence-electron chi connectivity index (χ2n) is 9.86.